The van der Waals surface area contributed by atoms with Crippen LogP contribution in [0, 0.1) is 6.92 Å². The Morgan fingerprint density at radius 2 is 1.79 bits per heavy atom. The number of rotatable bonds is 6. The summed E-state index contributed by atoms with van der Waals surface area (Å²) < 4.78 is 10.6. The van der Waals surface area contributed by atoms with E-state index < -0.39 is 0 Å². The van der Waals surface area contributed by atoms with E-state index in [0.717, 1.165) is 16.6 Å². The van der Waals surface area contributed by atoms with Crippen LogP contribution < -0.4 is 26.1 Å². The number of fused-ring (bicyclic) bond motifs is 1. The Bertz CT molecular complexity index is 1370. The smallest absolute Gasteiger partial charge is 0.251 e. The van der Waals surface area contributed by atoms with Crippen molar-refractivity contribution in [3.63, 3.8) is 0 Å². The number of nitrogens with one attached hydrogen (secondary N) is 2. The van der Waals surface area contributed by atoms with Gasteiger partial charge in [0.1, 0.15) is 17.3 Å². The van der Waals surface area contributed by atoms with E-state index in [0.29, 0.717) is 49.7 Å². The minimum absolute atomic E-state index is 0.191. The second kappa shape index (κ2) is 9.21. The van der Waals surface area contributed by atoms with Crippen molar-refractivity contribution in [1.82, 2.24) is 9.97 Å². The maximum atomic E-state index is 12.9. The van der Waals surface area contributed by atoms with Crippen molar-refractivity contribution >= 4 is 51.3 Å². The van der Waals surface area contributed by atoms with E-state index in [-0.39, 0.29) is 12.0 Å². The van der Waals surface area contributed by atoms with Gasteiger partial charge in [-0.15, -0.1) is 0 Å². The Balaban J connectivity index is 1.71. The molecule has 0 bridgehead atoms. The largest absolute Gasteiger partial charge is 0.495 e. The molecule has 0 saturated carbocycles. The lowest BCUT2D eigenvalue weighted by atomic mass is 10.0. The van der Waals surface area contributed by atoms with Gasteiger partial charge in [-0.2, -0.15) is 0 Å². The molecule has 4 N–H and O–H groups in total. The summed E-state index contributed by atoms with van der Waals surface area (Å²) in [6, 6.07) is 10.8. The van der Waals surface area contributed by atoms with Crippen LogP contribution in [0.3, 0.4) is 0 Å². The second-order valence-electron chi connectivity index (χ2n) is 7.51. The monoisotopic (exact) mass is 484 g/mol. The van der Waals surface area contributed by atoms with Crippen molar-refractivity contribution in [2.24, 2.45) is 0 Å². The van der Waals surface area contributed by atoms with Crippen LogP contribution in [0.4, 0.5) is 17.2 Å². The lowest BCUT2D eigenvalue weighted by molar-refractivity contribution is 0.394. The van der Waals surface area contributed by atoms with Gasteiger partial charge in [0, 0.05) is 41.3 Å². The number of pyridine rings is 2. The molecule has 7 nitrogen and oxygen atoms in total. The van der Waals surface area contributed by atoms with Gasteiger partial charge in [0.15, 0.2) is 0 Å². The van der Waals surface area contributed by atoms with Gasteiger partial charge in [0.25, 0.3) is 5.56 Å². The Labute approximate surface area is 200 Å². The molecule has 33 heavy (non-hydrogen) atoms. The number of aromatic nitrogens is 2. The first-order chi connectivity index (χ1) is 15.8. The van der Waals surface area contributed by atoms with Crippen LogP contribution in [0.1, 0.15) is 16.7 Å². The highest BCUT2D eigenvalue weighted by molar-refractivity contribution is 6.37. The quantitative estimate of drug-likeness (QED) is 0.313. The van der Waals surface area contributed by atoms with Gasteiger partial charge in [0.2, 0.25) is 0 Å². The van der Waals surface area contributed by atoms with Gasteiger partial charge >= 0.3 is 0 Å². The summed E-state index contributed by atoms with van der Waals surface area (Å²) >= 11 is 13.0. The molecular formula is C24H22Cl2N4O3. The summed E-state index contributed by atoms with van der Waals surface area (Å²) in [4.78, 5) is 20.3. The molecule has 0 atom stereocenters. The zero-order valence-electron chi connectivity index (χ0n) is 18.3. The molecule has 0 unspecified atom stereocenters. The first-order valence-electron chi connectivity index (χ1n) is 10.0. The molecule has 9 heteroatoms. The van der Waals surface area contributed by atoms with Crippen LogP contribution in [0.5, 0.6) is 11.5 Å². The van der Waals surface area contributed by atoms with E-state index in [4.69, 9.17) is 38.4 Å². The van der Waals surface area contributed by atoms with E-state index in [1.165, 1.54) is 14.2 Å². The first-order valence-corrected chi connectivity index (χ1v) is 10.8. The first kappa shape index (κ1) is 22.8. The molecule has 0 aliphatic carbocycles. The minimum atomic E-state index is -0.260. The van der Waals surface area contributed by atoms with Gasteiger partial charge in [-0.05, 0) is 24.6 Å². The number of nitrogens with zero attached hydrogens (tertiary/aromatic N) is 1. The number of nitrogens with two attached hydrogens (primary N) is 1. The van der Waals surface area contributed by atoms with Crippen LogP contribution in [-0.4, -0.2) is 24.2 Å². The fourth-order valence-corrected chi connectivity index (χ4v) is 4.25. The highest BCUT2D eigenvalue weighted by atomic mass is 35.5. The highest BCUT2D eigenvalue weighted by Gasteiger charge is 2.19. The summed E-state index contributed by atoms with van der Waals surface area (Å²) in [5, 5.41) is 4.65. The van der Waals surface area contributed by atoms with E-state index in [1.54, 1.807) is 24.4 Å². The van der Waals surface area contributed by atoms with Crippen molar-refractivity contribution in [2.45, 2.75) is 13.3 Å². The van der Waals surface area contributed by atoms with Gasteiger partial charge in [-0.25, -0.2) is 4.98 Å². The van der Waals surface area contributed by atoms with Gasteiger partial charge < -0.3 is 25.5 Å². The average molecular weight is 485 g/mol. The lowest BCUT2D eigenvalue weighted by Crippen LogP contribution is -2.13. The number of aromatic amines is 1. The van der Waals surface area contributed by atoms with Crippen LogP contribution in [0.2, 0.25) is 10.0 Å². The normalized spacial score (nSPS) is 10.9. The lowest BCUT2D eigenvalue weighted by Gasteiger charge is -2.15. The Kier molecular flexibility index (Phi) is 6.35. The third kappa shape index (κ3) is 4.42. The molecule has 0 radical (unpaired) electrons. The zero-order valence-corrected chi connectivity index (χ0v) is 19.8. The summed E-state index contributed by atoms with van der Waals surface area (Å²) in [6.07, 6.45) is 1.87. The predicted octanol–water partition coefficient (Wildman–Crippen LogP) is 5.47. The minimum Gasteiger partial charge on any atom is -0.495 e. The number of hydrogen-bond donors (Lipinski definition) is 3. The Morgan fingerprint density at radius 3 is 2.42 bits per heavy atom. The molecule has 2 heterocycles. The molecule has 0 saturated heterocycles. The number of nitrogen functional groups attached to an aromatic ring is 1. The molecule has 170 valence electrons. The van der Waals surface area contributed by atoms with Crippen LogP contribution >= 0.6 is 23.2 Å². The molecule has 0 fully saturated rings. The molecule has 0 amide bonds. The Morgan fingerprint density at radius 1 is 1.09 bits per heavy atom. The summed E-state index contributed by atoms with van der Waals surface area (Å²) in [5.41, 5.74) is 9.85. The number of para-hydroxylation sites is 1. The third-order valence-electron chi connectivity index (χ3n) is 5.39. The van der Waals surface area contributed by atoms with Crippen LogP contribution in [-0.2, 0) is 6.42 Å². The number of H-pyrrole nitrogens is 1. The van der Waals surface area contributed by atoms with Gasteiger partial charge in [-0.3, -0.25) is 4.79 Å². The number of aryl methyl sites for hydroxylation is 1. The standard InChI is InChI=1S/C24H22Cl2N4O3/c1-12-5-4-6-16(27)23(12)30-20-9-17-14(11-28-20)7-13(24(31)29-17)8-15-21(25)18(32-2)10-19(33-3)22(15)26/h4-7,9-11H,8,27H2,1-3H3,(H,28,30)(H,29,31). The average Bonchev–Trinajstić information content (AvgIpc) is 2.79. The predicted molar refractivity (Wildman–Crippen MR) is 134 cm³/mol. The number of hydrogen-bond acceptors (Lipinski definition) is 6. The molecule has 2 aromatic heterocycles. The van der Waals surface area contributed by atoms with E-state index >= 15 is 0 Å². The summed E-state index contributed by atoms with van der Waals surface area (Å²) in [7, 11) is 3.01. The summed E-state index contributed by atoms with van der Waals surface area (Å²) in [6.45, 7) is 1.96. The maximum absolute atomic E-state index is 12.9. The van der Waals surface area contributed by atoms with Crippen molar-refractivity contribution in [1.29, 1.82) is 0 Å². The number of anilines is 3. The molecule has 4 aromatic rings. The topological polar surface area (TPSA) is 102 Å². The second-order valence-corrected chi connectivity index (χ2v) is 8.26. The van der Waals surface area contributed by atoms with Crippen molar-refractivity contribution in [3.8, 4) is 11.5 Å². The fraction of sp³-hybridized carbons (Fsp3) is 0.167. The maximum Gasteiger partial charge on any atom is 0.251 e. The third-order valence-corrected chi connectivity index (χ3v) is 6.22. The van der Waals surface area contributed by atoms with Crippen molar-refractivity contribution in [3.05, 3.63) is 79.7 Å². The molecular weight excluding hydrogens is 463 g/mol. The molecule has 0 aliphatic rings. The van der Waals surface area contributed by atoms with Gasteiger partial charge in [0.05, 0.1) is 41.2 Å². The van der Waals surface area contributed by atoms with E-state index in [2.05, 4.69) is 15.3 Å². The van der Waals surface area contributed by atoms with E-state index in [9.17, 15) is 4.79 Å². The molecule has 4 rings (SSSR count). The number of benzene rings is 2. The molecule has 0 spiro atoms. The SMILES string of the molecule is COc1cc(OC)c(Cl)c(Cc2cc3cnc(Nc4c(C)cccc4N)cc3[nH]c2=O)c1Cl. The zero-order chi connectivity index (χ0) is 23.7. The number of methoxy groups -OCH3 is 2. The van der Waals surface area contributed by atoms with Crippen molar-refractivity contribution in [2.75, 3.05) is 25.3 Å². The van der Waals surface area contributed by atoms with Crippen molar-refractivity contribution < 1.29 is 9.47 Å². The van der Waals surface area contributed by atoms with Crippen LogP contribution in [0.15, 0.2) is 47.4 Å². The van der Waals surface area contributed by atoms with Gasteiger partial charge in [-0.1, -0.05) is 35.3 Å². The molecule has 2 aromatic carbocycles. The van der Waals surface area contributed by atoms with Crippen LogP contribution in [0.25, 0.3) is 10.9 Å². The highest BCUT2D eigenvalue weighted by Crippen LogP contribution is 2.41. The number of ether oxygens (including phenoxy) is 2. The number of halogens is 2. The van der Waals surface area contributed by atoms with E-state index in [1.807, 2.05) is 25.1 Å². The Hall–Kier alpha value is -3.42. The molecule has 0 aliphatic heterocycles. The fourth-order valence-electron chi connectivity index (χ4n) is 3.62. The summed E-state index contributed by atoms with van der Waals surface area (Å²) in [5.74, 6) is 1.39.